The maximum Gasteiger partial charge on any atom is 0.149 e. The molecule has 0 radical (unpaired) electrons. The summed E-state index contributed by atoms with van der Waals surface area (Å²) in [6.07, 6.45) is 0.898. The summed E-state index contributed by atoms with van der Waals surface area (Å²) in [5, 5.41) is 3.32. The Balaban J connectivity index is 1.98. The lowest BCUT2D eigenvalue weighted by atomic mass is 10.00. The summed E-state index contributed by atoms with van der Waals surface area (Å²) >= 11 is 7.37. The Morgan fingerprint density at radius 3 is 2.28 bits per heavy atom. The molecule has 0 saturated heterocycles. The van der Waals surface area contributed by atoms with Crippen LogP contribution in [0, 0.1) is 0 Å². The fourth-order valence-electron chi connectivity index (χ4n) is 3.18. The lowest BCUT2D eigenvalue weighted by molar-refractivity contribution is 0.594. The molecule has 1 heterocycles. The standard InChI is InChI=1S/C22H16Br2O/c23-14-13-19-20(24)21(16-8-2-1-3-9-16)25-22(19)18-12-6-10-15-7-4-5-11-17(15)18/h1-12H,13-14H2. The van der Waals surface area contributed by atoms with Crippen molar-refractivity contribution in [3.8, 4) is 22.6 Å². The highest BCUT2D eigenvalue weighted by Crippen LogP contribution is 2.42. The van der Waals surface area contributed by atoms with Gasteiger partial charge in [-0.3, -0.25) is 0 Å². The molecule has 3 heteroatoms. The van der Waals surface area contributed by atoms with E-state index >= 15 is 0 Å². The van der Waals surface area contributed by atoms with Crippen molar-refractivity contribution in [2.24, 2.45) is 0 Å². The minimum Gasteiger partial charge on any atom is -0.455 e. The van der Waals surface area contributed by atoms with Crippen LogP contribution in [0.2, 0.25) is 0 Å². The molecule has 0 aliphatic carbocycles. The molecule has 3 aromatic carbocycles. The van der Waals surface area contributed by atoms with Gasteiger partial charge >= 0.3 is 0 Å². The van der Waals surface area contributed by atoms with Gasteiger partial charge in [-0.1, -0.05) is 88.7 Å². The van der Waals surface area contributed by atoms with Gasteiger partial charge in [0, 0.05) is 22.0 Å². The first-order valence-electron chi connectivity index (χ1n) is 8.20. The van der Waals surface area contributed by atoms with Crippen molar-refractivity contribution in [3.63, 3.8) is 0 Å². The summed E-state index contributed by atoms with van der Waals surface area (Å²) in [6, 6.07) is 25.0. The number of hydrogen-bond acceptors (Lipinski definition) is 1. The van der Waals surface area contributed by atoms with Crippen molar-refractivity contribution in [2.45, 2.75) is 6.42 Å². The summed E-state index contributed by atoms with van der Waals surface area (Å²) in [6.45, 7) is 0. The Bertz CT molecular complexity index is 1010. The lowest BCUT2D eigenvalue weighted by Gasteiger charge is -2.06. The van der Waals surface area contributed by atoms with Gasteiger partial charge in [0.15, 0.2) is 0 Å². The molecule has 1 nitrogen and oxygen atoms in total. The monoisotopic (exact) mass is 454 g/mol. The minimum atomic E-state index is 0.886. The Labute approximate surface area is 163 Å². The van der Waals surface area contributed by atoms with Crippen molar-refractivity contribution < 1.29 is 4.42 Å². The van der Waals surface area contributed by atoms with E-state index in [9.17, 15) is 0 Å². The van der Waals surface area contributed by atoms with E-state index in [1.807, 2.05) is 18.2 Å². The quantitative estimate of drug-likeness (QED) is 0.291. The Kier molecular flexibility index (Phi) is 4.78. The number of benzene rings is 3. The molecule has 25 heavy (non-hydrogen) atoms. The van der Waals surface area contributed by atoms with Crippen LogP contribution in [0.15, 0.2) is 81.7 Å². The molecule has 4 rings (SSSR count). The molecule has 0 bridgehead atoms. The molecule has 124 valence electrons. The average molecular weight is 456 g/mol. The van der Waals surface area contributed by atoms with Gasteiger partial charge in [-0.25, -0.2) is 0 Å². The van der Waals surface area contributed by atoms with E-state index in [0.717, 1.165) is 38.9 Å². The topological polar surface area (TPSA) is 13.1 Å². The van der Waals surface area contributed by atoms with Crippen LogP contribution in [0.1, 0.15) is 5.56 Å². The number of rotatable bonds is 4. The molecule has 0 aliphatic rings. The van der Waals surface area contributed by atoms with Crippen LogP contribution in [0.25, 0.3) is 33.4 Å². The zero-order valence-corrected chi connectivity index (χ0v) is 16.7. The van der Waals surface area contributed by atoms with Crippen LogP contribution in [0.5, 0.6) is 0 Å². The second kappa shape index (κ2) is 7.19. The summed E-state index contributed by atoms with van der Waals surface area (Å²) in [5.41, 5.74) is 3.42. The van der Waals surface area contributed by atoms with Crippen molar-refractivity contribution >= 4 is 42.6 Å². The molecule has 0 saturated carbocycles. The predicted molar refractivity (Wildman–Crippen MR) is 112 cm³/mol. The van der Waals surface area contributed by atoms with Crippen molar-refractivity contribution in [2.75, 3.05) is 5.33 Å². The van der Waals surface area contributed by atoms with Crippen molar-refractivity contribution in [1.29, 1.82) is 0 Å². The van der Waals surface area contributed by atoms with Gasteiger partial charge in [-0.05, 0) is 33.1 Å². The number of hydrogen-bond donors (Lipinski definition) is 0. The SMILES string of the molecule is BrCCc1c(-c2cccc3ccccc23)oc(-c2ccccc2)c1Br. The second-order valence-electron chi connectivity index (χ2n) is 5.88. The van der Waals surface area contributed by atoms with Crippen LogP contribution in [-0.4, -0.2) is 5.33 Å². The molecule has 0 spiro atoms. The molecule has 0 N–H and O–H groups in total. The van der Waals surface area contributed by atoms with E-state index in [1.54, 1.807) is 0 Å². The molecule has 4 aromatic rings. The van der Waals surface area contributed by atoms with Crippen LogP contribution >= 0.6 is 31.9 Å². The minimum absolute atomic E-state index is 0.886. The summed E-state index contributed by atoms with van der Waals surface area (Å²) < 4.78 is 7.45. The van der Waals surface area contributed by atoms with Gasteiger partial charge in [0.1, 0.15) is 11.5 Å². The van der Waals surface area contributed by atoms with E-state index in [-0.39, 0.29) is 0 Å². The second-order valence-corrected chi connectivity index (χ2v) is 7.47. The highest BCUT2D eigenvalue weighted by Gasteiger charge is 2.21. The number of halogens is 2. The van der Waals surface area contributed by atoms with Crippen LogP contribution in [-0.2, 0) is 6.42 Å². The van der Waals surface area contributed by atoms with E-state index in [1.165, 1.54) is 16.3 Å². The van der Waals surface area contributed by atoms with Crippen LogP contribution < -0.4 is 0 Å². The van der Waals surface area contributed by atoms with E-state index in [2.05, 4.69) is 86.5 Å². The van der Waals surface area contributed by atoms with E-state index in [0.29, 0.717) is 0 Å². The van der Waals surface area contributed by atoms with Gasteiger partial charge in [0.05, 0.1) is 4.47 Å². The molecule has 0 atom stereocenters. The molecule has 1 aromatic heterocycles. The highest BCUT2D eigenvalue weighted by molar-refractivity contribution is 9.10. The Morgan fingerprint density at radius 1 is 0.760 bits per heavy atom. The van der Waals surface area contributed by atoms with Crippen molar-refractivity contribution in [3.05, 3.63) is 82.8 Å². The zero-order chi connectivity index (χ0) is 17.2. The van der Waals surface area contributed by atoms with Crippen LogP contribution in [0.3, 0.4) is 0 Å². The van der Waals surface area contributed by atoms with E-state index < -0.39 is 0 Å². The summed E-state index contributed by atoms with van der Waals surface area (Å²) in [4.78, 5) is 0. The number of furan rings is 1. The molecule has 0 amide bonds. The maximum atomic E-state index is 6.41. The normalized spacial score (nSPS) is 11.1. The highest BCUT2D eigenvalue weighted by atomic mass is 79.9. The third kappa shape index (κ3) is 3.07. The zero-order valence-electron chi connectivity index (χ0n) is 13.5. The molecule has 0 fully saturated rings. The Morgan fingerprint density at radius 2 is 1.48 bits per heavy atom. The van der Waals surface area contributed by atoms with Crippen LogP contribution in [0.4, 0.5) is 0 Å². The summed E-state index contributed by atoms with van der Waals surface area (Å²) in [5.74, 6) is 1.83. The van der Waals surface area contributed by atoms with Gasteiger partial charge < -0.3 is 4.42 Å². The third-order valence-electron chi connectivity index (χ3n) is 4.36. The number of fused-ring (bicyclic) bond motifs is 1. The molecule has 0 unspecified atom stereocenters. The average Bonchev–Trinajstić information content (AvgIpc) is 2.99. The molecular weight excluding hydrogens is 440 g/mol. The first-order chi connectivity index (χ1) is 12.3. The van der Waals surface area contributed by atoms with Gasteiger partial charge in [0.2, 0.25) is 0 Å². The Hall–Kier alpha value is -1.84. The first-order valence-corrected chi connectivity index (χ1v) is 10.1. The maximum absolute atomic E-state index is 6.41. The fourth-order valence-corrected chi connectivity index (χ4v) is 4.26. The fraction of sp³-hybridized carbons (Fsp3) is 0.0909. The largest absolute Gasteiger partial charge is 0.455 e. The van der Waals surface area contributed by atoms with E-state index in [4.69, 9.17) is 4.42 Å². The number of alkyl halides is 1. The van der Waals surface area contributed by atoms with Crippen molar-refractivity contribution in [1.82, 2.24) is 0 Å². The predicted octanol–water partition coefficient (Wildman–Crippen LogP) is 7.47. The van der Waals surface area contributed by atoms with Gasteiger partial charge in [0.25, 0.3) is 0 Å². The third-order valence-corrected chi connectivity index (χ3v) is 5.59. The molecule has 0 aliphatic heterocycles. The summed E-state index contributed by atoms with van der Waals surface area (Å²) in [7, 11) is 0. The van der Waals surface area contributed by atoms with Gasteiger partial charge in [-0.2, -0.15) is 0 Å². The first kappa shape index (κ1) is 16.6. The lowest BCUT2D eigenvalue weighted by Crippen LogP contribution is -1.89. The van der Waals surface area contributed by atoms with Gasteiger partial charge in [-0.15, -0.1) is 0 Å². The smallest absolute Gasteiger partial charge is 0.149 e. The molecular formula is C22H16Br2O.